The van der Waals surface area contributed by atoms with Crippen molar-refractivity contribution in [2.24, 2.45) is 0 Å². The maximum Gasteiger partial charge on any atom is 0.339 e. The van der Waals surface area contributed by atoms with Gasteiger partial charge in [0.25, 0.3) is 0 Å². The minimum atomic E-state index is -1.07. The first kappa shape index (κ1) is 11.7. The van der Waals surface area contributed by atoms with E-state index in [9.17, 15) is 4.79 Å². The van der Waals surface area contributed by atoms with Crippen LogP contribution in [0, 0.1) is 11.3 Å². The van der Waals surface area contributed by atoms with Crippen molar-refractivity contribution in [2.75, 3.05) is 0 Å². The summed E-state index contributed by atoms with van der Waals surface area (Å²) in [6.07, 6.45) is 0. The fourth-order valence-electron chi connectivity index (χ4n) is 1.50. The molecule has 0 bridgehead atoms. The zero-order chi connectivity index (χ0) is 13.0. The molecule has 0 unspecified atom stereocenters. The second-order valence-corrected chi connectivity index (χ2v) is 3.51. The van der Waals surface area contributed by atoms with Gasteiger partial charge in [-0.2, -0.15) is 5.26 Å². The Morgan fingerprint density at radius 1 is 1.06 bits per heavy atom. The number of hydrogen-bond donors (Lipinski definition) is 1. The fraction of sp³-hybridized carbons (Fsp3) is 0. The molecule has 0 saturated heterocycles. The molecule has 0 amide bonds. The van der Waals surface area contributed by atoms with E-state index in [2.05, 4.69) is 0 Å². The lowest BCUT2D eigenvalue weighted by atomic mass is 10.2. The third kappa shape index (κ3) is 2.30. The molecule has 0 saturated carbocycles. The van der Waals surface area contributed by atoms with Crippen molar-refractivity contribution >= 4 is 5.97 Å². The van der Waals surface area contributed by atoms with Crippen LogP contribution in [0.25, 0.3) is 0 Å². The average Bonchev–Trinajstić information content (AvgIpc) is 2.40. The van der Waals surface area contributed by atoms with Crippen molar-refractivity contribution in [3.8, 4) is 17.6 Å². The number of nitrogens with zero attached hydrogens (tertiary/aromatic N) is 1. The van der Waals surface area contributed by atoms with E-state index in [1.807, 2.05) is 6.07 Å². The summed E-state index contributed by atoms with van der Waals surface area (Å²) in [5.74, 6) is -0.513. The van der Waals surface area contributed by atoms with Crippen LogP contribution in [0.5, 0.6) is 11.5 Å². The van der Waals surface area contributed by atoms with Crippen molar-refractivity contribution in [1.82, 2.24) is 0 Å². The van der Waals surface area contributed by atoms with Gasteiger partial charge in [0.1, 0.15) is 23.1 Å². The number of aromatic carboxylic acids is 1. The largest absolute Gasteiger partial charge is 0.478 e. The number of carbonyl (C=O) groups is 1. The minimum absolute atomic E-state index is 0.0604. The lowest BCUT2D eigenvalue weighted by molar-refractivity contribution is 0.0694. The number of hydrogen-bond acceptors (Lipinski definition) is 3. The van der Waals surface area contributed by atoms with Crippen LogP contribution < -0.4 is 4.74 Å². The molecule has 18 heavy (non-hydrogen) atoms. The summed E-state index contributed by atoms with van der Waals surface area (Å²) in [5.41, 5.74) is 0.419. The van der Waals surface area contributed by atoms with Crippen LogP contribution >= 0.6 is 0 Å². The number of carboxylic acids is 1. The number of carboxylic acid groups (broad SMARTS) is 1. The Bertz CT molecular complexity index is 629. The molecule has 0 aliphatic carbocycles. The third-order valence-electron chi connectivity index (χ3n) is 2.34. The summed E-state index contributed by atoms with van der Waals surface area (Å²) in [4.78, 5) is 11.0. The first-order valence-corrected chi connectivity index (χ1v) is 5.21. The van der Waals surface area contributed by atoms with Gasteiger partial charge in [0.05, 0.1) is 5.56 Å². The Labute approximate surface area is 104 Å². The molecular weight excluding hydrogens is 230 g/mol. The molecule has 4 heteroatoms. The molecule has 0 heterocycles. The molecule has 0 fully saturated rings. The molecule has 0 aromatic heterocycles. The summed E-state index contributed by atoms with van der Waals surface area (Å²) in [6, 6.07) is 15.0. The Morgan fingerprint density at radius 2 is 1.67 bits per heavy atom. The summed E-state index contributed by atoms with van der Waals surface area (Å²) in [7, 11) is 0. The predicted octanol–water partition coefficient (Wildman–Crippen LogP) is 3.05. The Kier molecular flexibility index (Phi) is 3.26. The van der Waals surface area contributed by atoms with Crippen molar-refractivity contribution < 1.29 is 14.6 Å². The second kappa shape index (κ2) is 5.02. The topological polar surface area (TPSA) is 70.3 Å². The summed E-state index contributed by atoms with van der Waals surface area (Å²) < 4.78 is 5.49. The van der Waals surface area contributed by atoms with Gasteiger partial charge in [-0.05, 0) is 24.3 Å². The van der Waals surface area contributed by atoms with E-state index in [1.165, 1.54) is 6.07 Å². The van der Waals surface area contributed by atoms with Crippen LogP contribution in [0.3, 0.4) is 0 Å². The molecule has 4 nitrogen and oxygen atoms in total. The van der Waals surface area contributed by atoms with Crippen LogP contribution in [-0.2, 0) is 0 Å². The molecule has 0 spiro atoms. The van der Waals surface area contributed by atoms with Crippen LogP contribution in [-0.4, -0.2) is 11.1 Å². The monoisotopic (exact) mass is 239 g/mol. The number of benzene rings is 2. The highest BCUT2D eigenvalue weighted by Crippen LogP contribution is 2.27. The van der Waals surface area contributed by atoms with E-state index in [0.717, 1.165) is 0 Å². The van der Waals surface area contributed by atoms with E-state index in [4.69, 9.17) is 15.1 Å². The molecule has 88 valence electrons. The van der Waals surface area contributed by atoms with Gasteiger partial charge in [0, 0.05) is 0 Å². The standard InChI is InChI=1S/C14H9NO3/c15-9-10-5-1-3-7-12(10)18-13-8-4-2-6-11(13)14(16)17/h1-8H,(H,16,17). The van der Waals surface area contributed by atoms with Crippen LogP contribution in [0.1, 0.15) is 15.9 Å². The van der Waals surface area contributed by atoms with Gasteiger partial charge in [-0.15, -0.1) is 0 Å². The van der Waals surface area contributed by atoms with Crippen molar-refractivity contribution in [3.05, 3.63) is 59.7 Å². The highest BCUT2D eigenvalue weighted by atomic mass is 16.5. The number of para-hydroxylation sites is 2. The molecule has 0 radical (unpaired) electrons. The maximum absolute atomic E-state index is 11.0. The van der Waals surface area contributed by atoms with Crippen molar-refractivity contribution in [1.29, 1.82) is 5.26 Å². The van der Waals surface area contributed by atoms with E-state index >= 15 is 0 Å². The van der Waals surface area contributed by atoms with Crippen molar-refractivity contribution in [3.63, 3.8) is 0 Å². The normalized spacial score (nSPS) is 9.50. The van der Waals surface area contributed by atoms with E-state index < -0.39 is 5.97 Å². The average molecular weight is 239 g/mol. The number of nitriles is 1. The molecule has 1 N–H and O–H groups in total. The van der Waals surface area contributed by atoms with Gasteiger partial charge in [0.2, 0.25) is 0 Å². The van der Waals surface area contributed by atoms with Gasteiger partial charge < -0.3 is 9.84 Å². The molecule has 2 aromatic rings. The summed E-state index contributed by atoms with van der Waals surface area (Å²) >= 11 is 0. The summed E-state index contributed by atoms with van der Waals surface area (Å²) in [6.45, 7) is 0. The van der Waals surface area contributed by atoms with Crippen LogP contribution in [0.15, 0.2) is 48.5 Å². The Balaban J connectivity index is 2.41. The molecule has 0 aliphatic rings. The van der Waals surface area contributed by atoms with Gasteiger partial charge in [0.15, 0.2) is 0 Å². The molecular formula is C14H9NO3. The quantitative estimate of drug-likeness (QED) is 0.893. The number of rotatable bonds is 3. The van der Waals surface area contributed by atoms with E-state index in [-0.39, 0.29) is 11.3 Å². The molecule has 0 atom stereocenters. The van der Waals surface area contributed by atoms with Gasteiger partial charge in [-0.1, -0.05) is 24.3 Å². The zero-order valence-electron chi connectivity index (χ0n) is 9.33. The lowest BCUT2D eigenvalue weighted by Crippen LogP contribution is -2.00. The maximum atomic E-state index is 11.0. The minimum Gasteiger partial charge on any atom is -0.478 e. The van der Waals surface area contributed by atoms with Crippen LogP contribution in [0.2, 0.25) is 0 Å². The number of ether oxygens (including phenoxy) is 1. The van der Waals surface area contributed by atoms with E-state index in [1.54, 1.807) is 42.5 Å². The molecule has 0 aliphatic heterocycles. The molecule has 2 rings (SSSR count). The Morgan fingerprint density at radius 3 is 2.33 bits per heavy atom. The second-order valence-electron chi connectivity index (χ2n) is 3.51. The SMILES string of the molecule is N#Cc1ccccc1Oc1ccccc1C(=O)O. The lowest BCUT2D eigenvalue weighted by Gasteiger charge is -2.09. The highest BCUT2D eigenvalue weighted by molar-refractivity contribution is 5.90. The molecule has 2 aromatic carbocycles. The van der Waals surface area contributed by atoms with Gasteiger partial charge in [-0.25, -0.2) is 4.79 Å². The van der Waals surface area contributed by atoms with E-state index in [0.29, 0.717) is 11.3 Å². The zero-order valence-corrected chi connectivity index (χ0v) is 9.33. The smallest absolute Gasteiger partial charge is 0.339 e. The van der Waals surface area contributed by atoms with Gasteiger partial charge in [-0.3, -0.25) is 0 Å². The van der Waals surface area contributed by atoms with Gasteiger partial charge >= 0.3 is 5.97 Å². The van der Waals surface area contributed by atoms with Crippen LogP contribution in [0.4, 0.5) is 0 Å². The summed E-state index contributed by atoms with van der Waals surface area (Å²) in [5, 5.41) is 18.0. The predicted molar refractivity (Wildman–Crippen MR) is 64.6 cm³/mol. The highest BCUT2D eigenvalue weighted by Gasteiger charge is 2.12. The first-order valence-electron chi connectivity index (χ1n) is 5.21. The fourth-order valence-corrected chi connectivity index (χ4v) is 1.50. The first-order chi connectivity index (χ1) is 8.72. The Hall–Kier alpha value is -2.80. The third-order valence-corrected chi connectivity index (χ3v) is 2.34. The van der Waals surface area contributed by atoms with Crippen molar-refractivity contribution in [2.45, 2.75) is 0 Å².